The molecule has 3 aromatic heterocycles. The molecule has 1 fully saturated rings. The fourth-order valence-electron chi connectivity index (χ4n) is 2.86. The Kier molecular flexibility index (Phi) is 2.14. The first-order chi connectivity index (χ1) is 8.93. The summed E-state index contributed by atoms with van der Waals surface area (Å²) in [5.41, 5.74) is 3.11. The zero-order valence-electron chi connectivity index (χ0n) is 10.1. The molecule has 1 atom stereocenters. The molecule has 0 radical (unpaired) electrons. The third kappa shape index (κ3) is 1.37. The highest BCUT2D eigenvalue weighted by atomic mass is 15.1. The van der Waals surface area contributed by atoms with Crippen molar-refractivity contribution in [3.8, 4) is 0 Å². The molecule has 1 aliphatic rings. The number of H-pyrrole nitrogens is 1. The van der Waals surface area contributed by atoms with Crippen molar-refractivity contribution >= 4 is 16.7 Å². The Morgan fingerprint density at radius 3 is 3.11 bits per heavy atom. The van der Waals surface area contributed by atoms with Crippen LogP contribution in [0.4, 0.5) is 0 Å². The molecular formula is C13H15N5. The first-order valence-corrected chi connectivity index (χ1v) is 6.43. The molecule has 5 nitrogen and oxygen atoms in total. The molecule has 2 N–H and O–H groups in total. The first kappa shape index (κ1) is 10.1. The topological polar surface area (TPSA) is 58.0 Å². The van der Waals surface area contributed by atoms with Crippen LogP contribution in [-0.4, -0.2) is 32.4 Å². The molecule has 0 bridgehead atoms. The highest BCUT2D eigenvalue weighted by Gasteiger charge is 2.20. The predicted molar refractivity (Wildman–Crippen MR) is 69.7 cm³/mol. The summed E-state index contributed by atoms with van der Waals surface area (Å²) >= 11 is 0. The molecule has 0 amide bonds. The van der Waals surface area contributed by atoms with Gasteiger partial charge in [0.2, 0.25) is 0 Å². The van der Waals surface area contributed by atoms with Crippen LogP contribution in [0.15, 0.2) is 24.7 Å². The summed E-state index contributed by atoms with van der Waals surface area (Å²) in [6.07, 6.45) is 8.16. The molecular weight excluding hydrogens is 226 g/mol. The highest BCUT2D eigenvalue weighted by Crippen LogP contribution is 2.25. The van der Waals surface area contributed by atoms with Crippen LogP contribution >= 0.6 is 0 Å². The van der Waals surface area contributed by atoms with Gasteiger partial charge in [0.25, 0.3) is 0 Å². The largest absolute Gasteiger partial charge is 0.345 e. The number of piperidine rings is 1. The van der Waals surface area contributed by atoms with Gasteiger partial charge in [-0.3, -0.25) is 4.40 Å². The zero-order valence-corrected chi connectivity index (χ0v) is 10.1. The number of nitrogens with one attached hydrogen (secondary N) is 2. The molecule has 4 heterocycles. The van der Waals surface area contributed by atoms with E-state index in [9.17, 15) is 0 Å². The number of hydrogen-bond donors (Lipinski definition) is 2. The highest BCUT2D eigenvalue weighted by molar-refractivity contribution is 5.75. The van der Waals surface area contributed by atoms with Gasteiger partial charge < -0.3 is 10.3 Å². The van der Waals surface area contributed by atoms with E-state index in [1.54, 1.807) is 0 Å². The summed E-state index contributed by atoms with van der Waals surface area (Å²) in [5.74, 6) is 1.66. The van der Waals surface area contributed by atoms with Crippen LogP contribution in [0.1, 0.15) is 24.6 Å². The Morgan fingerprint density at radius 1 is 1.28 bits per heavy atom. The lowest BCUT2D eigenvalue weighted by molar-refractivity contribution is 0.446. The van der Waals surface area contributed by atoms with Gasteiger partial charge in [-0.25, -0.2) is 9.97 Å². The first-order valence-electron chi connectivity index (χ1n) is 6.43. The van der Waals surface area contributed by atoms with E-state index in [1.165, 1.54) is 12.8 Å². The SMILES string of the molecule is c1cc2c(ncc3cnc(C4CCCNC4)n32)[nH]1. The lowest BCUT2D eigenvalue weighted by Crippen LogP contribution is -2.29. The van der Waals surface area contributed by atoms with Crippen LogP contribution in [-0.2, 0) is 0 Å². The van der Waals surface area contributed by atoms with Crippen molar-refractivity contribution in [1.82, 2.24) is 24.7 Å². The fraction of sp³-hybridized carbons (Fsp3) is 0.385. The van der Waals surface area contributed by atoms with Gasteiger partial charge in [-0.15, -0.1) is 0 Å². The Bertz CT molecular complexity index is 690. The lowest BCUT2D eigenvalue weighted by atomic mass is 9.99. The van der Waals surface area contributed by atoms with Crippen LogP contribution in [0.3, 0.4) is 0 Å². The average molecular weight is 241 g/mol. The minimum atomic E-state index is 0.502. The molecule has 5 heteroatoms. The van der Waals surface area contributed by atoms with Gasteiger partial charge in [-0.05, 0) is 25.5 Å². The van der Waals surface area contributed by atoms with E-state index < -0.39 is 0 Å². The molecule has 0 spiro atoms. The van der Waals surface area contributed by atoms with Gasteiger partial charge in [-0.1, -0.05) is 0 Å². The van der Waals surface area contributed by atoms with Gasteiger partial charge >= 0.3 is 0 Å². The minimum absolute atomic E-state index is 0.502. The molecule has 1 saturated heterocycles. The summed E-state index contributed by atoms with van der Waals surface area (Å²) in [6.45, 7) is 2.15. The summed E-state index contributed by atoms with van der Waals surface area (Å²) in [5, 5.41) is 3.45. The van der Waals surface area contributed by atoms with Crippen molar-refractivity contribution in [2.75, 3.05) is 13.1 Å². The molecule has 0 aromatic carbocycles. The van der Waals surface area contributed by atoms with E-state index in [-0.39, 0.29) is 0 Å². The zero-order chi connectivity index (χ0) is 11.9. The molecule has 0 aliphatic carbocycles. The molecule has 92 valence electrons. The second-order valence-electron chi connectivity index (χ2n) is 4.89. The number of imidazole rings is 1. The smallest absolute Gasteiger partial charge is 0.154 e. The number of nitrogens with zero attached hydrogens (tertiary/aromatic N) is 3. The maximum absolute atomic E-state index is 4.62. The molecule has 0 saturated carbocycles. The maximum Gasteiger partial charge on any atom is 0.154 e. The number of rotatable bonds is 1. The van der Waals surface area contributed by atoms with Crippen LogP contribution < -0.4 is 5.32 Å². The van der Waals surface area contributed by atoms with Crippen molar-refractivity contribution in [1.29, 1.82) is 0 Å². The molecule has 1 unspecified atom stereocenters. The monoisotopic (exact) mass is 241 g/mol. The fourth-order valence-corrected chi connectivity index (χ4v) is 2.86. The third-order valence-electron chi connectivity index (χ3n) is 3.75. The quantitative estimate of drug-likeness (QED) is 0.681. The van der Waals surface area contributed by atoms with Gasteiger partial charge in [0.05, 0.1) is 23.4 Å². The summed E-state index contributed by atoms with van der Waals surface area (Å²) in [6, 6.07) is 2.07. The van der Waals surface area contributed by atoms with Crippen molar-refractivity contribution < 1.29 is 0 Å². The molecule has 4 rings (SSSR count). The summed E-state index contributed by atoms with van der Waals surface area (Å²) in [4.78, 5) is 12.2. The maximum atomic E-state index is 4.62. The lowest BCUT2D eigenvalue weighted by Gasteiger charge is -2.21. The standard InChI is InChI=1S/C13H15N5/c1-2-9(6-14-4-1)13-17-8-10-7-16-12-11(18(10)13)3-5-15-12/h3,5,7-9,14-15H,1-2,4,6H2. The van der Waals surface area contributed by atoms with Crippen molar-refractivity contribution in [2.45, 2.75) is 18.8 Å². The second kappa shape index (κ2) is 3.81. The second-order valence-corrected chi connectivity index (χ2v) is 4.89. The van der Waals surface area contributed by atoms with Crippen LogP contribution in [0.25, 0.3) is 16.7 Å². The Balaban J connectivity index is 1.96. The van der Waals surface area contributed by atoms with Crippen molar-refractivity contribution in [3.05, 3.63) is 30.5 Å². The summed E-state index contributed by atoms with van der Waals surface area (Å²) < 4.78 is 2.23. The molecule has 18 heavy (non-hydrogen) atoms. The van der Waals surface area contributed by atoms with Gasteiger partial charge in [0, 0.05) is 18.7 Å². The van der Waals surface area contributed by atoms with E-state index in [4.69, 9.17) is 0 Å². The van der Waals surface area contributed by atoms with Crippen LogP contribution in [0.5, 0.6) is 0 Å². The average Bonchev–Trinajstić information content (AvgIpc) is 3.05. The van der Waals surface area contributed by atoms with E-state index in [0.717, 1.165) is 35.6 Å². The van der Waals surface area contributed by atoms with Crippen LogP contribution in [0.2, 0.25) is 0 Å². The Hall–Kier alpha value is -1.88. The van der Waals surface area contributed by atoms with E-state index in [0.29, 0.717) is 5.92 Å². The van der Waals surface area contributed by atoms with E-state index in [2.05, 4.69) is 30.7 Å². The van der Waals surface area contributed by atoms with Gasteiger partial charge in [-0.2, -0.15) is 0 Å². The Labute approximate surface area is 104 Å². The number of aromatic amines is 1. The predicted octanol–water partition coefficient (Wildman–Crippen LogP) is 1.68. The minimum Gasteiger partial charge on any atom is -0.345 e. The van der Waals surface area contributed by atoms with Crippen molar-refractivity contribution in [3.63, 3.8) is 0 Å². The normalized spacial score (nSPS) is 20.8. The van der Waals surface area contributed by atoms with E-state index >= 15 is 0 Å². The van der Waals surface area contributed by atoms with Gasteiger partial charge in [0.15, 0.2) is 5.65 Å². The third-order valence-corrected chi connectivity index (χ3v) is 3.75. The number of aromatic nitrogens is 4. The molecule has 1 aliphatic heterocycles. The summed E-state index contributed by atoms with van der Waals surface area (Å²) in [7, 11) is 0. The van der Waals surface area contributed by atoms with Gasteiger partial charge in [0.1, 0.15) is 5.82 Å². The number of hydrogen-bond acceptors (Lipinski definition) is 3. The van der Waals surface area contributed by atoms with Crippen molar-refractivity contribution in [2.24, 2.45) is 0 Å². The number of fused-ring (bicyclic) bond motifs is 3. The molecule has 3 aromatic rings. The van der Waals surface area contributed by atoms with E-state index in [1.807, 2.05) is 18.6 Å². The Morgan fingerprint density at radius 2 is 2.22 bits per heavy atom. The van der Waals surface area contributed by atoms with Crippen LogP contribution in [0, 0.1) is 0 Å².